The molecule has 0 aliphatic heterocycles. The van der Waals surface area contributed by atoms with Crippen LogP contribution in [-0.2, 0) is 6.42 Å². The molecule has 0 radical (unpaired) electrons. The molecule has 0 bridgehead atoms. The van der Waals surface area contributed by atoms with E-state index in [0.717, 1.165) is 11.1 Å². The Kier molecular flexibility index (Phi) is 2.90. The molecule has 12 heavy (non-hydrogen) atoms. The highest BCUT2D eigenvalue weighted by Crippen LogP contribution is 2.18. The molecule has 0 saturated heterocycles. The van der Waals surface area contributed by atoms with Crippen LogP contribution in [0.3, 0.4) is 0 Å². The summed E-state index contributed by atoms with van der Waals surface area (Å²) in [6.45, 7) is 3.62. The predicted octanol–water partition coefficient (Wildman–Crippen LogP) is 3.05. The minimum absolute atomic E-state index is 0.357. The molecule has 0 aliphatic rings. The fraction of sp³-hybridized carbons (Fsp3) is 0.100. The van der Waals surface area contributed by atoms with Gasteiger partial charge in [0.25, 0.3) is 0 Å². The summed E-state index contributed by atoms with van der Waals surface area (Å²) in [4.78, 5) is 0. The summed E-state index contributed by atoms with van der Waals surface area (Å²) in [6.07, 6.45) is 2.08. The van der Waals surface area contributed by atoms with Gasteiger partial charge in [-0.05, 0) is 17.2 Å². The molecule has 0 spiro atoms. The van der Waals surface area contributed by atoms with Crippen molar-refractivity contribution in [1.82, 2.24) is 0 Å². The second-order valence-electron chi connectivity index (χ2n) is 2.39. The van der Waals surface area contributed by atoms with Gasteiger partial charge in [0, 0.05) is 5.02 Å². The third kappa shape index (κ3) is 1.87. The molecule has 1 rings (SSSR count). The number of hydrogen-bond acceptors (Lipinski definition) is 1. The number of benzene rings is 1. The Bertz CT molecular complexity index is 336. The van der Waals surface area contributed by atoms with Crippen LogP contribution in [-0.4, -0.2) is 0 Å². The smallest absolute Gasteiger partial charge is 0.0670 e. The van der Waals surface area contributed by atoms with Gasteiger partial charge in [0.2, 0.25) is 0 Å². The van der Waals surface area contributed by atoms with Crippen LogP contribution in [0, 0.1) is 11.3 Å². The number of halogens is 1. The number of nitrogens with zero attached hydrogens (tertiary/aromatic N) is 1. The van der Waals surface area contributed by atoms with Crippen molar-refractivity contribution in [1.29, 1.82) is 5.26 Å². The fourth-order valence-electron chi connectivity index (χ4n) is 0.919. The average molecular weight is 178 g/mol. The highest BCUT2D eigenvalue weighted by molar-refractivity contribution is 6.31. The van der Waals surface area contributed by atoms with Crippen molar-refractivity contribution in [2.75, 3.05) is 0 Å². The minimum atomic E-state index is 0.357. The summed E-state index contributed by atoms with van der Waals surface area (Å²) >= 11 is 5.89. The summed E-state index contributed by atoms with van der Waals surface area (Å²) in [6, 6.07) is 7.60. The van der Waals surface area contributed by atoms with Crippen molar-refractivity contribution >= 4 is 17.7 Å². The van der Waals surface area contributed by atoms with Crippen LogP contribution in [0.1, 0.15) is 11.1 Å². The molecule has 0 aliphatic carbocycles. The second kappa shape index (κ2) is 3.94. The molecular formula is C10H8ClN. The molecule has 1 aromatic carbocycles. The van der Waals surface area contributed by atoms with Crippen molar-refractivity contribution in [3.8, 4) is 6.07 Å². The standard InChI is InChI=1S/C10H8ClN/c1-2-8-3-4-9(5-6-12)10(11)7-8/h2-4,7H,1,5H2. The van der Waals surface area contributed by atoms with Crippen molar-refractivity contribution in [3.05, 3.63) is 40.9 Å². The normalized spacial score (nSPS) is 9.00. The number of hydrogen-bond donors (Lipinski definition) is 0. The molecule has 0 N–H and O–H groups in total. The van der Waals surface area contributed by atoms with Crippen molar-refractivity contribution in [3.63, 3.8) is 0 Å². The Morgan fingerprint density at radius 2 is 2.33 bits per heavy atom. The van der Waals surface area contributed by atoms with Crippen LogP contribution in [0.25, 0.3) is 6.08 Å². The maximum atomic E-state index is 8.44. The topological polar surface area (TPSA) is 23.8 Å². The molecule has 0 saturated carbocycles. The molecule has 0 atom stereocenters. The maximum Gasteiger partial charge on any atom is 0.0670 e. The van der Waals surface area contributed by atoms with E-state index in [1.54, 1.807) is 12.1 Å². The van der Waals surface area contributed by atoms with E-state index >= 15 is 0 Å². The van der Waals surface area contributed by atoms with E-state index < -0.39 is 0 Å². The second-order valence-corrected chi connectivity index (χ2v) is 2.80. The lowest BCUT2D eigenvalue weighted by atomic mass is 10.1. The Morgan fingerprint density at radius 1 is 1.58 bits per heavy atom. The van der Waals surface area contributed by atoms with E-state index in [1.165, 1.54) is 0 Å². The number of rotatable bonds is 2. The first kappa shape index (κ1) is 8.83. The van der Waals surface area contributed by atoms with Crippen LogP contribution in [0.5, 0.6) is 0 Å². The molecule has 0 heterocycles. The van der Waals surface area contributed by atoms with E-state index in [1.807, 2.05) is 12.1 Å². The third-order valence-corrected chi connectivity index (χ3v) is 1.93. The molecule has 0 fully saturated rings. The van der Waals surface area contributed by atoms with Crippen molar-refractivity contribution < 1.29 is 0 Å². The average Bonchev–Trinajstić information content (AvgIpc) is 2.09. The summed E-state index contributed by atoms with van der Waals surface area (Å²) in [5.74, 6) is 0. The Labute approximate surface area is 76.9 Å². The van der Waals surface area contributed by atoms with Crippen LogP contribution in [0.4, 0.5) is 0 Å². The first-order chi connectivity index (χ1) is 5.77. The molecular weight excluding hydrogens is 170 g/mol. The summed E-state index contributed by atoms with van der Waals surface area (Å²) in [5.41, 5.74) is 1.84. The Hall–Kier alpha value is -1.26. The molecule has 0 amide bonds. The molecule has 0 aromatic heterocycles. The molecule has 1 aromatic rings. The van der Waals surface area contributed by atoms with E-state index in [-0.39, 0.29) is 0 Å². The van der Waals surface area contributed by atoms with Crippen LogP contribution in [0.2, 0.25) is 5.02 Å². The summed E-state index contributed by atoms with van der Waals surface area (Å²) < 4.78 is 0. The molecule has 60 valence electrons. The van der Waals surface area contributed by atoms with Gasteiger partial charge in [-0.2, -0.15) is 5.26 Å². The van der Waals surface area contributed by atoms with Gasteiger partial charge in [-0.3, -0.25) is 0 Å². The van der Waals surface area contributed by atoms with E-state index in [0.29, 0.717) is 11.4 Å². The fourth-order valence-corrected chi connectivity index (χ4v) is 1.17. The van der Waals surface area contributed by atoms with Gasteiger partial charge in [0.05, 0.1) is 12.5 Å². The van der Waals surface area contributed by atoms with Crippen molar-refractivity contribution in [2.45, 2.75) is 6.42 Å². The zero-order chi connectivity index (χ0) is 8.97. The zero-order valence-corrected chi connectivity index (χ0v) is 7.30. The quantitative estimate of drug-likeness (QED) is 0.681. The monoisotopic (exact) mass is 177 g/mol. The van der Waals surface area contributed by atoms with Gasteiger partial charge >= 0.3 is 0 Å². The SMILES string of the molecule is C=Cc1ccc(CC#N)c(Cl)c1. The third-order valence-electron chi connectivity index (χ3n) is 1.58. The molecule has 2 heteroatoms. The Balaban J connectivity index is 3.04. The lowest BCUT2D eigenvalue weighted by molar-refractivity contribution is 1.26. The number of nitriles is 1. The zero-order valence-electron chi connectivity index (χ0n) is 6.55. The largest absolute Gasteiger partial charge is 0.198 e. The van der Waals surface area contributed by atoms with Crippen LogP contribution in [0.15, 0.2) is 24.8 Å². The molecule has 1 nitrogen and oxygen atoms in total. The minimum Gasteiger partial charge on any atom is -0.198 e. The van der Waals surface area contributed by atoms with E-state index in [4.69, 9.17) is 16.9 Å². The van der Waals surface area contributed by atoms with Crippen LogP contribution < -0.4 is 0 Å². The van der Waals surface area contributed by atoms with Gasteiger partial charge in [0.1, 0.15) is 0 Å². The van der Waals surface area contributed by atoms with Gasteiger partial charge in [-0.15, -0.1) is 0 Å². The first-order valence-corrected chi connectivity index (χ1v) is 3.93. The van der Waals surface area contributed by atoms with Gasteiger partial charge in [-0.25, -0.2) is 0 Å². The Morgan fingerprint density at radius 3 is 2.83 bits per heavy atom. The molecule has 0 unspecified atom stereocenters. The van der Waals surface area contributed by atoms with Gasteiger partial charge in [0.15, 0.2) is 0 Å². The highest BCUT2D eigenvalue weighted by Gasteiger charge is 1.98. The summed E-state index contributed by atoms with van der Waals surface area (Å²) in [5, 5.41) is 9.08. The predicted molar refractivity (Wildman–Crippen MR) is 50.9 cm³/mol. The lowest BCUT2D eigenvalue weighted by Gasteiger charge is -1.99. The highest BCUT2D eigenvalue weighted by atomic mass is 35.5. The van der Waals surface area contributed by atoms with Crippen molar-refractivity contribution in [2.24, 2.45) is 0 Å². The maximum absolute atomic E-state index is 8.44. The first-order valence-electron chi connectivity index (χ1n) is 3.55. The van der Waals surface area contributed by atoms with Crippen LogP contribution >= 0.6 is 11.6 Å². The van der Waals surface area contributed by atoms with Gasteiger partial charge in [-0.1, -0.05) is 36.4 Å². The lowest BCUT2D eigenvalue weighted by Crippen LogP contribution is -1.83. The van der Waals surface area contributed by atoms with Gasteiger partial charge < -0.3 is 0 Å². The van der Waals surface area contributed by atoms with E-state index in [2.05, 4.69) is 12.6 Å². The van der Waals surface area contributed by atoms with E-state index in [9.17, 15) is 0 Å². The summed E-state index contributed by atoms with van der Waals surface area (Å²) in [7, 11) is 0.